The van der Waals surface area contributed by atoms with Gasteiger partial charge in [0.2, 0.25) is 23.5 Å². The number of nitrogens with zero attached hydrogens (tertiary/aromatic N) is 1. The van der Waals surface area contributed by atoms with Crippen molar-refractivity contribution in [2.45, 2.75) is 74.9 Å². The molecule has 2 aliphatic carbocycles. The number of nitrogens with one attached hydrogen (secondary N) is 5. The predicted molar refractivity (Wildman–Crippen MR) is 210 cm³/mol. The standard InChI is InChI=1S/C40H48N6O17/c1-17-35-20(46-9-10-60-37(59-3)36(46)63-35)11-26(61-17)62-22-13-40(57,38(54)42-8-7-41-23(47)14-43-24(48)15-44-25(49)16-45-39(55)56)12-19-28(22)34(53)30-29(32(19)51)31(50)18-5-4-6-21(58-2)27(18)33(30)52/h4-6,17,20,22,26,35-37,45,51,53,57H,7-16H2,1-3H3,(H,41,47)(H,42,54)(H,43,48)(H,44,49)(H,55,56)/t17-,20-,22-,26-,35+,36+,37-,40-/m0/s1. The number of carbonyl (C=O) groups excluding carboxylic acids is 6. The number of carboxylic acid groups (broad SMARTS) is 1. The lowest BCUT2D eigenvalue weighted by atomic mass is 9.72. The van der Waals surface area contributed by atoms with Gasteiger partial charge in [0.25, 0.3) is 5.91 Å². The highest BCUT2D eigenvalue weighted by Crippen LogP contribution is 2.53. The Morgan fingerprint density at radius 1 is 0.873 bits per heavy atom. The molecule has 2 aromatic carbocycles. The molecule has 0 radical (unpaired) electrons. The first-order valence-electron chi connectivity index (χ1n) is 20.1. The van der Waals surface area contributed by atoms with E-state index in [0.29, 0.717) is 13.2 Å². The van der Waals surface area contributed by atoms with Crippen LogP contribution in [0.25, 0.3) is 0 Å². The summed E-state index contributed by atoms with van der Waals surface area (Å²) in [5.41, 5.74) is -3.92. The van der Waals surface area contributed by atoms with Gasteiger partial charge in [0.05, 0.1) is 62.2 Å². The molecular weight excluding hydrogens is 836 g/mol. The summed E-state index contributed by atoms with van der Waals surface area (Å²) >= 11 is 0. The van der Waals surface area contributed by atoms with E-state index >= 15 is 0 Å². The molecule has 8 atom stereocenters. The van der Waals surface area contributed by atoms with Crippen LogP contribution in [0, 0.1) is 0 Å². The normalized spacial score (nSPS) is 27.1. The minimum atomic E-state index is -2.36. The van der Waals surface area contributed by atoms with Crippen molar-refractivity contribution < 1.29 is 82.4 Å². The third kappa shape index (κ3) is 8.85. The zero-order chi connectivity index (χ0) is 45.3. The van der Waals surface area contributed by atoms with Crippen LogP contribution in [0.1, 0.15) is 68.8 Å². The molecule has 7 rings (SSSR count). The van der Waals surface area contributed by atoms with E-state index in [1.54, 1.807) is 6.92 Å². The molecule has 3 fully saturated rings. The largest absolute Gasteiger partial charge is 0.507 e. The van der Waals surface area contributed by atoms with E-state index in [9.17, 15) is 48.9 Å². The number of rotatable bonds is 14. The maximum absolute atomic E-state index is 14.1. The number of ether oxygens (including phenoxy) is 6. The fourth-order valence-corrected chi connectivity index (χ4v) is 8.75. The van der Waals surface area contributed by atoms with Gasteiger partial charge in [-0.15, -0.1) is 0 Å². The third-order valence-corrected chi connectivity index (χ3v) is 11.6. The average Bonchev–Trinajstić information content (AvgIpc) is 3.64. The summed E-state index contributed by atoms with van der Waals surface area (Å²) in [6.45, 7) is 0.681. The Hall–Kier alpha value is -5.95. The first-order chi connectivity index (χ1) is 30.1. The number of aliphatic hydroxyl groups is 1. The number of phenolic OH excluding ortho intramolecular Hbond substituents is 2. The number of aromatic hydroxyl groups is 2. The monoisotopic (exact) mass is 884 g/mol. The lowest BCUT2D eigenvalue weighted by Gasteiger charge is -2.43. The molecule has 0 unspecified atom stereocenters. The van der Waals surface area contributed by atoms with Crippen LogP contribution in [-0.4, -0.2) is 169 Å². The highest BCUT2D eigenvalue weighted by molar-refractivity contribution is 6.31. The number of morpholine rings is 1. The second kappa shape index (κ2) is 18.4. The molecule has 0 spiro atoms. The molecule has 0 saturated carbocycles. The number of fused-ring (bicyclic) bond motifs is 6. The second-order valence-electron chi connectivity index (χ2n) is 15.5. The van der Waals surface area contributed by atoms with Gasteiger partial charge in [0.1, 0.15) is 29.0 Å². The Kier molecular flexibility index (Phi) is 13.2. The second-order valence-corrected chi connectivity index (χ2v) is 15.5. The summed E-state index contributed by atoms with van der Waals surface area (Å²) in [4.78, 5) is 90.6. The van der Waals surface area contributed by atoms with Gasteiger partial charge in [0, 0.05) is 68.7 Å². The topological polar surface area (TPSA) is 319 Å². The minimum absolute atomic E-state index is 0.0673. The van der Waals surface area contributed by atoms with Gasteiger partial charge in [-0.3, -0.25) is 33.7 Å². The molecule has 3 heterocycles. The van der Waals surface area contributed by atoms with Crippen molar-refractivity contribution in [2.24, 2.45) is 0 Å². The van der Waals surface area contributed by atoms with E-state index in [1.165, 1.54) is 32.4 Å². The molecule has 2 aromatic rings. The number of amides is 5. The van der Waals surface area contributed by atoms with Gasteiger partial charge < -0.3 is 75.4 Å². The summed E-state index contributed by atoms with van der Waals surface area (Å²) in [7, 11) is 2.83. The van der Waals surface area contributed by atoms with Gasteiger partial charge in [-0.1, -0.05) is 12.1 Å². The lowest BCUT2D eigenvalue weighted by Crippen LogP contribution is -2.55. The van der Waals surface area contributed by atoms with Crippen LogP contribution in [0.5, 0.6) is 17.2 Å². The summed E-state index contributed by atoms with van der Waals surface area (Å²) in [5, 5.41) is 55.9. The van der Waals surface area contributed by atoms with E-state index in [0.717, 1.165) is 0 Å². The molecule has 5 aliphatic rings. The summed E-state index contributed by atoms with van der Waals surface area (Å²) in [5.74, 6) is -6.10. The first-order valence-corrected chi connectivity index (χ1v) is 20.1. The average molecular weight is 885 g/mol. The van der Waals surface area contributed by atoms with Gasteiger partial charge in [0.15, 0.2) is 24.6 Å². The van der Waals surface area contributed by atoms with Crippen molar-refractivity contribution in [2.75, 3.05) is 60.1 Å². The molecule has 23 heteroatoms. The summed E-state index contributed by atoms with van der Waals surface area (Å²) in [6, 6.07) is 4.09. The number of ketones is 2. The molecule has 0 aromatic heterocycles. The van der Waals surface area contributed by atoms with E-state index in [2.05, 4.69) is 26.2 Å². The van der Waals surface area contributed by atoms with Crippen molar-refractivity contribution in [1.29, 1.82) is 0 Å². The van der Waals surface area contributed by atoms with Gasteiger partial charge >= 0.3 is 6.09 Å². The van der Waals surface area contributed by atoms with Crippen LogP contribution in [0.3, 0.4) is 0 Å². The lowest BCUT2D eigenvalue weighted by molar-refractivity contribution is -0.256. The van der Waals surface area contributed by atoms with Crippen molar-refractivity contribution in [1.82, 2.24) is 31.5 Å². The first kappa shape index (κ1) is 45.1. The zero-order valence-corrected chi connectivity index (χ0v) is 34.4. The minimum Gasteiger partial charge on any atom is -0.507 e. The highest BCUT2D eigenvalue weighted by atomic mass is 16.7. The van der Waals surface area contributed by atoms with E-state index in [1.807, 2.05) is 5.32 Å². The van der Waals surface area contributed by atoms with E-state index < -0.39 is 139 Å². The molecule has 23 nitrogen and oxygen atoms in total. The highest BCUT2D eigenvalue weighted by Gasteiger charge is 2.55. The third-order valence-electron chi connectivity index (χ3n) is 11.6. The van der Waals surface area contributed by atoms with Crippen LogP contribution in [0.15, 0.2) is 18.2 Å². The van der Waals surface area contributed by atoms with Crippen LogP contribution < -0.4 is 31.3 Å². The molecule has 3 saturated heterocycles. The van der Waals surface area contributed by atoms with Gasteiger partial charge in [-0.25, -0.2) is 4.79 Å². The summed E-state index contributed by atoms with van der Waals surface area (Å²) in [6.07, 6.45) is -6.94. The van der Waals surface area contributed by atoms with Gasteiger partial charge in [-0.2, -0.15) is 0 Å². The number of benzene rings is 2. The number of hydrogen-bond donors (Lipinski definition) is 9. The Morgan fingerprint density at radius 3 is 2.22 bits per heavy atom. The van der Waals surface area contributed by atoms with E-state index in [-0.39, 0.29) is 53.6 Å². The molecule has 5 amide bonds. The van der Waals surface area contributed by atoms with Crippen LogP contribution in [0.4, 0.5) is 4.79 Å². The number of hydrogen-bond acceptors (Lipinski definition) is 17. The SMILES string of the molecule is COc1cccc2c1C(=O)c1c(O)c3c(c(O)c1C2=O)C[C@@](O)(C(=O)NCCNC(=O)CNC(=O)CNC(=O)CNC(=O)O)C[C@@H]3O[C@H]1C[C@H]2[C@H](O[C@@H]3[C@@H](OC)OCCN32)[C@H](C)O1. The molecular formula is C40H48N6O17. The quantitative estimate of drug-likeness (QED) is 0.0618. The van der Waals surface area contributed by atoms with Gasteiger partial charge in [-0.05, 0) is 13.0 Å². The van der Waals surface area contributed by atoms with E-state index in [4.69, 9.17) is 33.5 Å². The van der Waals surface area contributed by atoms with Crippen molar-refractivity contribution >= 4 is 41.3 Å². The fraction of sp³-hybridized carbons (Fsp3) is 0.525. The van der Waals surface area contributed by atoms with Crippen molar-refractivity contribution in [3.8, 4) is 17.2 Å². The van der Waals surface area contributed by atoms with Crippen LogP contribution in [-0.2, 0) is 49.3 Å². The molecule has 3 aliphatic heterocycles. The maximum atomic E-state index is 14.1. The Labute approximate surface area is 358 Å². The molecule has 340 valence electrons. The number of carbonyl (C=O) groups is 7. The smallest absolute Gasteiger partial charge is 0.405 e. The Morgan fingerprint density at radius 2 is 1.54 bits per heavy atom. The molecule has 0 bridgehead atoms. The number of phenols is 2. The zero-order valence-electron chi connectivity index (χ0n) is 34.4. The Balaban J connectivity index is 1.09. The van der Waals surface area contributed by atoms with Crippen LogP contribution >= 0.6 is 0 Å². The molecule has 9 N–H and O–H groups in total. The Bertz CT molecular complexity index is 2200. The summed E-state index contributed by atoms with van der Waals surface area (Å²) < 4.78 is 35.7. The molecule has 63 heavy (non-hydrogen) atoms. The fourth-order valence-electron chi connectivity index (χ4n) is 8.75. The maximum Gasteiger partial charge on any atom is 0.405 e. The number of methoxy groups -OCH3 is 2. The van der Waals surface area contributed by atoms with Crippen molar-refractivity contribution in [3.63, 3.8) is 0 Å². The van der Waals surface area contributed by atoms with Crippen molar-refractivity contribution in [3.05, 3.63) is 51.6 Å². The predicted octanol–water partition coefficient (Wildman–Crippen LogP) is -2.12. The van der Waals surface area contributed by atoms with Crippen LogP contribution in [0.2, 0.25) is 0 Å².